The van der Waals surface area contributed by atoms with Crippen LogP contribution in [0.3, 0.4) is 0 Å². The lowest BCUT2D eigenvalue weighted by molar-refractivity contribution is 0.0471. The first-order valence-electron chi connectivity index (χ1n) is 10.4. The Kier molecular flexibility index (Phi) is 5.96. The molecule has 1 atom stereocenters. The zero-order valence-electron chi connectivity index (χ0n) is 17.7. The quantitative estimate of drug-likeness (QED) is 0.666. The summed E-state index contributed by atoms with van der Waals surface area (Å²) in [6.07, 6.45) is 0.828. The molecule has 0 aromatic heterocycles. The van der Waals surface area contributed by atoms with Crippen molar-refractivity contribution in [2.75, 3.05) is 27.3 Å². The van der Waals surface area contributed by atoms with E-state index in [0.717, 1.165) is 5.56 Å². The van der Waals surface area contributed by atoms with Gasteiger partial charge in [0.2, 0.25) is 0 Å². The van der Waals surface area contributed by atoms with Crippen molar-refractivity contribution in [3.8, 4) is 11.5 Å². The zero-order valence-corrected chi connectivity index (χ0v) is 18.6. The molecule has 2 aromatic rings. The van der Waals surface area contributed by atoms with Crippen molar-refractivity contribution >= 4 is 9.84 Å². The SMILES string of the molecule is COc1cc2c(cc1OC)S(=O)(=O)C(CC1(F)CCN(Cc3ccc(F)cc3)CC1)C2. The third-order valence-corrected chi connectivity index (χ3v) is 8.63. The van der Waals surface area contributed by atoms with Gasteiger partial charge in [0.05, 0.1) is 24.4 Å². The van der Waals surface area contributed by atoms with E-state index in [-0.39, 0.29) is 36.4 Å². The topological polar surface area (TPSA) is 55.8 Å². The lowest BCUT2D eigenvalue weighted by atomic mass is 9.87. The number of piperidine rings is 1. The molecular formula is C23H27F2NO4S. The fraction of sp³-hybridized carbons (Fsp3) is 0.478. The van der Waals surface area contributed by atoms with Gasteiger partial charge in [0.1, 0.15) is 11.5 Å². The van der Waals surface area contributed by atoms with Crippen LogP contribution in [0.15, 0.2) is 41.3 Å². The van der Waals surface area contributed by atoms with E-state index in [1.54, 1.807) is 18.2 Å². The van der Waals surface area contributed by atoms with Crippen LogP contribution in [-0.4, -0.2) is 51.5 Å². The minimum atomic E-state index is -3.63. The maximum atomic E-state index is 15.7. The number of halogens is 2. The fourth-order valence-corrected chi connectivity index (χ4v) is 6.67. The van der Waals surface area contributed by atoms with Crippen molar-refractivity contribution in [2.24, 2.45) is 0 Å². The van der Waals surface area contributed by atoms with Crippen LogP contribution >= 0.6 is 0 Å². The van der Waals surface area contributed by atoms with Crippen LogP contribution in [0.1, 0.15) is 30.4 Å². The highest BCUT2D eigenvalue weighted by Crippen LogP contribution is 2.43. The van der Waals surface area contributed by atoms with Gasteiger partial charge in [0.25, 0.3) is 0 Å². The highest BCUT2D eigenvalue weighted by atomic mass is 32.2. The van der Waals surface area contributed by atoms with Crippen LogP contribution < -0.4 is 9.47 Å². The molecule has 5 nitrogen and oxygen atoms in total. The van der Waals surface area contributed by atoms with Crippen molar-refractivity contribution in [2.45, 2.75) is 48.0 Å². The molecule has 1 unspecified atom stereocenters. The second-order valence-electron chi connectivity index (χ2n) is 8.44. The average molecular weight is 452 g/mol. The Hall–Kier alpha value is -2.19. The predicted molar refractivity (Wildman–Crippen MR) is 114 cm³/mol. The molecule has 2 aliphatic rings. The number of fused-ring (bicyclic) bond motifs is 1. The molecule has 1 saturated heterocycles. The fourth-order valence-electron chi connectivity index (χ4n) is 4.62. The third kappa shape index (κ3) is 4.41. The van der Waals surface area contributed by atoms with Gasteiger partial charge in [0, 0.05) is 25.7 Å². The molecule has 31 heavy (non-hydrogen) atoms. The Morgan fingerprint density at radius 3 is 2.29 bits per heavy atom. The second kappa shape index (κ2) is 8.39. The number of hydrogen-bond donors (Lipinski definition) is 0. The minimum absolute atomic E-state index is 0.0148. The van der Waals surface area contributed by atoms with Crippen molar-refractivity contribution in [1.29, 1.82) is 0 Å². The molecule has 0 bridgehead atoms. The minimum Gasteiger partial charge on any atom is -0.493 e. The summed E-state index contributed by atoms with van der Waals surface area (Å²) in [4.78, 5) is 2.34. The van der Waals surface area contributed by atoms with Gasteiger partial charge < -0.3 is 9.47 Å². The van der Waals surface area contributed by atoms with E-state index < -0.39 is 20.8 Å². The molecule has 8 heteroatoms. The monoisotopic (exact) mass is 451 g/mol. The summed E-state index contributed by atoms with van der Waals surface area (Å²) in [7, 11) is -0.673. The Morgan fingerprint density at radius 2 is 1.68 bits per heavy atom. The van der Waals surface area contributed by atoms with Gasteiger partial charge in [0.15, 0.2) is 21.3 Å². The summed E-state index contributed by atoms with van der Waals surface area (Å²) in [5.74, 6) is 0.551. The van der Waals surface area contributed by atoms with Crippen LogP contribution in [0.25, 0.3) is 0 Å². The van der Waals surface area contributed by atoms with Crippen molar-refractivity contribution < 1.29 is 26.7 Å². The Bertz CT molecular complexity index is 1050. The number of hydrogen-bond acceptors (Lipinski definition) is 5. The molecule has 1 fully saturated rings. The highest BCUT2D eigenvalue weighted by Gasteiger charge is 2.45. The standard InChI is InChI=1S/C23H27F2NO4S/c1-29-20-12-17-11-19(31(27,28)22(17)13-21(20)30-2)14-23(25)7-9-26(10-8-23)15-16-3-5-18(24)6-4-16/h3-6,12-13,19H,7-11,14-15H2,1-2H3. The van der Waals surface area contributed by atoms with Crippen LogP contribution in [0, 0.1) is 5.82 Å². The predicted octanol–water partition coefficient (Wildman–Crippen LogP) is 3.94. The normalized spacial score (nSPS) is 22.1. The number of rotatable bonds is 6. The van der Waals surface area contributed by atoms with E-state index in [0.29, 0.717) is 36.7 Å². The molecule has 2 heterocycles. The first-order chi connectivity index (χ1) is 14.7. The van der Waals surface area contributed by atoms with E-state index in [9.17, 15) is 12.8 Å². The summed E-state index contributed by atoms with van der Waals surface area (Å²) in [5.41, 5.74) is 0.109. The summed E-state index contributed by atoms with van der Waals surface area (Å²) in [6.45, 7) is 1.70. The van der Waals surface area contributed by atoms with E-state index in [2.05, 4.69) is 4.90 Å². The molecule has 0 amide bonds. The number of alkyl halides is 1. The first-order valence-corrected chi connectivity index (χ1v) is 11.9. The molecule has 2 aromatic carbocycles. The van der Waals surface area contributed by atoms with Crippen LogP contribution in [0.4, 0.5) is 8.78 Å². The molecule has 0 radical (unpaired) electrons. The first kappa shape index (κ1) is 22.0. The maximum Gasteiger partial charge on any atom is 0.182 e. The zero-order chi connectivity index (χ0) is 22.2. The number of ether oxygens (including phenoxy) is 2. The molecule has 0 N–H and O–H groups in total. The van der Waals surface area contributed by atoms with Gasteiger partial charge in [-0.3, -0.25) is 4.90 Å². The van der Waals surface area contributed by atoms with Crippen molar-refractivity contribution in [3.63, 3.8) is 0 Å². The summed E-state index contributed by atoms with van der Waals surface area (Å²) in [6, 6.07) is 9.48. The largest absolute Gasteiger partial charge is 0.493 e. The highest BCUT2D eigenvalue weighted by molar-refractivity contribution is 7.92. The lowest BCUT2D eigenvalue weighted by Crippen LogP contribution is -2.43. The number of methoxy groups -OCH3 is 2. The van der Waals surface area contributed by atoms with Crippen LogP contribution in [0.5, 0.6) is 11.5 Å². The van der Waals surface area contributed by atoms with Gasteiger partial charge in [-0.15, -0.1) is 0 Å². The third-order valence-electron chi connectivity index (χ3n) is 6.42. The molecule has 0 aliphatic carbocycles. The van der Waals surface area contributed by atoms with Gasteiger partial charge in [-0.25, -0.2) is 17.2 Å². The maximum absolute atomic E-state index is 15.7. The van der Waals surface area contributed by atoms with Crippen molar-refractivity contribution in [3.05, 3.63) is 53.3 Å². The van der Waals surface area contributed by atoms with E-state index in [1.807, 2.05) is 0 Å². The number of benzene rings is 2. The van der Waals surface area contributed by atoms with E-state index in [1.165, 1.54) is 32.4 Å². The van der Waals surface area contributed by atoms with Gasteiger partial charge in [-0.1, -0.05) is 12.1 Å². The average Bonchev–Trinajstić information content (AvgIpc) is 2.99. The smallest absolute Gasteiger partial charge is 0.182 e. The molecule has 168 valence electrons. The summed E-state index contributed by atoms with van der Waals surface area (Å²) < 4.78 is 65.4. The molecule has 2 aliphatic heterocycles. The summed E-state index contributed by atoms with van der Waals surface area (Å²) >= 11 is 0. The molecule has 0 saturated carbocycles. The Balaban J connectivity index is 1.43. The van der Waals surface area contributed by atoms with Crippen molar-refractivity contribution in [1.82, 2.24) is 4.90 Å². The number of sulfone groups is 1. The van der Waals surface area contributed by atoms with Gasteiger partial charge in [-0.2, -0.15) is 0 Å². The Labute approximate surface area is 181 Å². The molecule has 0 spiro atoms. The lowest BCUT2D eigenvalue weighted by Gasteiger charge is -2.37. The van der Waals surface area contributed by atoms with E-state index >= 15 is 4.39 Å². The number of likely N-dealkylation sites (tertiary alicyclic amines) is 1. The second-order valence-corrected chi connectivity index (χ2v) is 10.6. The van der Waals surface area contributed by atoms with Crippen LogP contribution in [-0.2, 0) is 22.8 Å². The van der Waals surface area contributed by atoms with Gasteiger partial charge in [-0.05, 0) is 55.0 Å². The van der Waals surface area contributed by atoms with Gasteiger partial charge >= 0.3 is 0 Å². The van der Waals surface area contributed by atoms with E-state index in [4.69, 9.17) is 9.47 Å². The molecule has 4 rings (SSSR count). The number of nitrogens with zero attached hydrogens (tertiary/aromatic N) is 1. The Morgan fingerprint density at radius 1 is 1.06 bits per heavy atom. The molecular weight excluding hydrogens is 424 g/mol. The summed E-state index contributed by atoms with van der Waals surface area (Å²) in [5, 5.41) is -0.784. The van der Waals surface area contributed by atoms with Crippen LogP contribution in [0.2, 0.25) is 0 Å².